The molecule has 2 heterocycles. The average molecular weight is 505 g/mol. The summed E-state index contributed by atoms with van der Waals surface area (Å²) < 4.78 is 0. The maximum Gasteiger partial charge on any atom is 0.246 e. The highest BCUT2D eigenvalue weighted by atomic mass is 32.1. The fraction of sp³-hybridized carbons (Fsp3) is 0.414. The fourth-order valence-electron chi connectivity index (χ4n) is 4.64. The first-order valence-electron chi connectivity index (χ1n) is 12.6. The smallest absolute Gasteiger partial charge is 0.246 e. The number of carbonyl (C=O) groups is 2. The van der Waals surface area contributed by atoms with E-state index in [1.54, 1.807) is 25.3 Å². The number of nitrogens with one attached hydrogen (secondary N) is 2. The van der Waals surface area contributed by atoms with Gasteiger partial charge in [0.2, 0.25) is 11.8 Å². The molecule has 190 valence electrons. The molecule has 2 N–H and O–H groups in total. The number of aromatic nitrogens is 1. The Morgan fingerprint density at radius 3 is 2.39 bits per heavy atom. The molecule has 1 aliphatic heterocycles. The molecule has 0 aliphatic carbocycles. The van der Waals surface area contributed by atoms with E-state index < -0.39 is 11.5 Å². The number of hydrogen-bond donors (Lipinski definition) is 2. The summed E-state index contributed by atoms with van der Waals surface area (Å²) in [5.74, 6) is -0.210. The van der Waals surface area contributed by atoms with Crippen LogP contribution in [0.5, 0.6) is 0 Å². The van der Waals surface area contributed by atoms with E-state index in [1.165, 1.54) is 0 Å². The van der Waals surface area contributed by atoms with Gasteiger partial charge in [0.25, 0.3) is 0 Å². The number of thiazole rings is 1. The first-order chi connectivity index (χ1) is 17.2. The third-order valence-electron chi connectivity index (χ3n) is 6.86. The number of rotatable bonds is 7. The van der Waals surface area contributed by atoms with Gasteiger partial charge in [0.15, 0.2) is 0 Å². The van der Waals surface area contributed by atoms with Gasteiger partial charge < -0.3 is 15.5 Å². The summed E-state index contributed by atoms with van der Waals surface area (Å²) in [6, 6.07) is 17.6. The Bertz CT molecular complexity index is 1200. The molecule has 3 aromatic rings. The van der Waals surface area contributed by atoms with Crippen molar-refractivity contribution in [3.8, 4) is 22.4 Å². The SMILES string of the molecule is CN[C@@H](C)C(=O)N[C@H](C(=O)N1CCC[C@H]1c1nc(-c2ccccc2-c2ccccc2)cs1)C(C)(C)C. The van der Waals surface area contributed by atoms with Crippen molar-refractivity contribution in [3.63, 3.8) is 0 Å². The van der Waals surface area contributed by atoms with E-state index in [9.17, 15) is 9.59 Å². The lowest BCUT2D eigenvalue weighted by atomic mass is 9.85. The number of likely N-dealkylation sites (N-methyl/N-ethyl adjacent to an activating group) is 1. The van der Waals surface area contributed by atoms with E-state index in [0.29, 0.717) is 6.54 Å². The summed E-state index contributed by atoms with van der Waals surface area (Å²) in [7, 11) is 1.74. The Balaban J connectivity index is 1.60. The van der Waals surface area contributed by atoms with Crippen LogP contribution in [0.1, 0.15) is 51.6 Å². The maximum absolute atomic E-state index is 13.8. The molecule has 1 fully saturated rings. The Morgan fingerprint density at radius 2 is 1.72 bits per heavy atom. The van der Waals surface area contributed by atoms with Crippen molar-refractivity contribution in [2.24, 2.45) is 5.41 Å². The van der Waals surface area contributed by atoms with Gasteiger partial charge in [-0.15, -0.1) is 11.3 Å². The Labute approximate surface area is 218 Å². The van der Waals surface area contributed by atoms with Crippen LogP contribution in [-0.2, 0) is 9.59 Å². The molecule has 2 amide bonds. The monoisotopic (exact) mass is 504 g/mol. The number of hydrogen-bond acceptors (Lipinski definition) is 5. The number of benzene rings is 2. The zero-order valence-electron chi connectivity index (χ0n) is 21.7. The molecule has 0 unspecified atom stereocenters. The van der Waals surface area contributed by atoms with E-state index in [-0.39, 0.29) is 23.9 Å². The van der Waals surface area contributed by atoms with Gasteiger partial charge in [0.05, 0.1) is 17.8 Å². The van der Waals surface area contributed by atoms with Gasteiger partial charge in [-0.1, -0.05) is 75.4 Å². The largest absolute Gasteiger partial charge is 0.342 e. The van der Waals surface area contributed by atoms with Gasteiger partial charge in [0, 0.05) is 17.5 Å². The standard InChI is InChI=1S/C29H36N4O2S/c1-19(30-5)26(34)32-25(29(2,3)4)28(35)33-17-11-16-24(33)27-31-23(18-36-27)22-15-10-9-14-21(22)20-12-7-6-8-13-20/h6-10,12-15,18-19,24-25,30H,11,16-17H2,1-5H3,(H,32,34)/t19-,24-,25+/m0/s1. The van der Waals surface area contributed by atoms with Crippen LogP contribution in [0.15, 0.2) is 60.0 Å². The number of carbonyl (C=O) groups excluding carboxylic acids is 2. The highest BCUT2D eigenvalue weighted by Gasteiger charge is 2.41. The molecule has 3 atom stereocenters. The molecule has 7 heteroatoms. The minimum Gasteiger partial charge on any atom is -0.342 e. The molecule has 0 bridgehead atoms. The molecule has 1 aromatic heterocycles. The molecule has 1 saturated heterocycles. The highest BCUT2D eigenvalue weighted by molar-refractivity contribution is 7.10. The minimum absolute atomic E-state index is 0.0388. The van der Waals surface area contributed by atoms with Gasteiger partial charge in [-0.05, 0) is 43.4 Å². The van der Waals surface area contributed by atoms with E-state index in [4.69, 9.17) is 4.98 Å². The predicted molar refractivity (Wildman–Crippen MR) is 147 cm³/mol. The summed E-state index contributed by atoms with van der Waals surface area (Å²) in [6.07, 6.45) is 1.79. The van der Waals surface area contributed by atoms with Crippen molar-refractivity contribution in [1.29, 1.82) is 0 Å². The van der Waals surface area contributed by atoms with E-state index in [1.807, 2.05) is 56.0 Å². The molecule has 4 rings (SSSR count). The third kappa shape index (κ3) is 5.52. The normalized spacial score (nSPS) is 17.6. The van der Waals surface area contributed by atoms with Crippen LogP contribution in [0.2, 0.25) is 0 Å². The lowest BCUT2D eigenvalue weighted by Gasteiger charge is -2.35. The van der Waals surface area contributed by atoms with Crippen molar-refractivity contribution < 1.29 is 9.59 Å². The second-order valence-electron chi connectivity index (χ2n) is 10.5. The summed E-state index contributed by atoms with van der Waals surface area (Å²) in [6.45, 7) is 8.44. The van der Waals surface area contributed by atoms with Gasteiger partial charge in [-0.25, -0.2) is 4.98 Å². The quantitative estimate of drug-likeness (QED) is 0.459. The topological polar surface area (TPSA) is 74.3 Å². The third-order valence-corrected chi connectivity index (χ3v) is 7.80. The molecule has 0 radical (unpaired) electrons. The van der Waals surface area contributed by atoms with Crippen molar-refractivity contribution in [3.05, 3.63) is 65.0 Å². The minimum atomic E-state index is -0.611. The first kappa shape index (κ1) is 26.0. The lowest BCUT2D eigenvalue weighted by molar-refractivity contribution is -0.140. The van der Waals surface area contributed by atoms with E-state index in [2.05, 4.69) is 40.3 Å². The van der Waals surface area contributed by atoms with Crippen molar-refractivity contribution in [2.45, 2.75) is 58.7 Å². The summed E-state index contributed by atoms with van der Waals surface area (Å²) in [5, 5.41) is 9.00. The van der Waals surface area contributed by atoms with Crippen LogP contribution >= 0.6 is 11.3 Å². The average Bonchev–Trinajstić information content (AvgIpc) is 3.56. The summed E-state index contributed by atoms with van der Waals surface area (Å²) >= 11 is 1.61. The molecular formula is C29H36N4O2S. The molecule has 1 aliphatic rings. The van der Waals surface area contributed by atoms with Gasteiger partial charge in [-0.3, -0.25) is 9.59 Å². The number of likely N-dealkylation sites (tertiary alicyclic amines) is 1. The highest BCUT2D eigenvalue weighted by Crippen LogP contribution is 2.39. The van der Waals surface area contributed by atoms with E-state index >= 15 is 0 Å². The molecule has 2 aromatic carbocycles. The zero-order valence-corrected chi connectivity index (χ0v) is 22.6. The molecular weight excluding hydrogens is 468 g/mol. The summed E-state index contributed by atoms with van der Waals surface area (Å²) in [5.41, 5.74) is 3.89. The van der Waals surface area contributed by atoms with Crippen molar-refractivity contribution >= 4 is 23.2 Å². The Kier molecular flexibility index (Phi) is 7.91. The maximum atomic E-state index is 13.8. The van der Waals surface area contributed by atoms with Crippen molar-refractivity contribution in [1.82, 2.24) is 20.5 Å². The second kappa shape index (κ2) is 10.9. The molecule has 6 nitrogen and oxygen atoms in total. The van der Waals surface area contributed by atoms with Crippen LogP contribution in [0.3, 0.4) is 0 Å². The molecule has 0 saturated carbocycles. The Morgan fingerprint density at radius 1 is 1.06 bits per heavy atom. The first-order valence-corrected chi connectivity index (χ1v) is 13.5. The zero-order chi connectivity index (χ0) is 25.9. The second-order valence-corrected chi connectivity index (χ2v) is 11.4. The van der Waals surface area contributed by atoms with Crippen LogP contribution < -0.4 is 10.6 Å². The van der Waals surface area contributed by atoms with Gasteiger partial charge in [-0.2, -0.15) is 0 Å². The van der Waals surface area contributed by atoms with Crippen LogP contribution in [0, 0.1) is 5.41 Å². The van der Waals surface area contributed by atoms with Crippen LogP contribution in [0.4, 0.5) is 0 Å². The summed E-state index contributed by atoms with van der Waals surface area (Å²) in [4.78, 5) is 33.4. The number of amides is 2. The predicted octanol–water partition coefficient (Wildman–Crippen LogP) is 5.28. The van der Waals surface area contributed by atoms with Crippen LogP contribution in [0.25, 0.3) is 22.4 Å². The fourth-order valence-corrected chi connectivity index (χ4v) is 5.61. The van der Waals surface area contributed by atoms with E-state index in [0.717, 1.165) is 40.2 Å². The van der Waals surface area contributed by atoms with Crippen molar-refractivity contribution in [2.75, 3.05) is 13.6 Å². The lowest BCUT2D eigenvalue weighted by Crippen LogP contribution is -2.57. The van der Waals surface area contributed by atoms with Gasteiger partial charge in [0.1, 0.15) is 11.0 Å². The van der Waals surface area contributed by atoms with Gasteiger partial charge >= 0.3 is 0 Å². The van der Waals surface area contributed by atoms with Crippen LogP contribution in [-0.4, -0.2) is 47.4 Å². The number of nitrogens with zero attached hydrogens (tertiary/aromatic N) is 2. The Hall–Kier alpha value is -3.03. The molecule has 36 heavy (non-hydrogen) atoms. The molecule has 0 spiro atoms.